The van der Waals surface area contributed by atoms with Gasteiger partial charge in [0.15, 0.2) is 0 Å². The molecule has 0 aromatic carbocycles. The molecule has 1 unspecified atom stereocenters. The van der Waals surface area contributed by atoms with Gasteiger partial charge in [-0.05, 0) is 30.4 Å². The summed E-state index contributed by atoms with van der Waals surface area (Å²) < 4.78 is 12.3. The first kappa shape index (κ1) is 18.4. The van der Waals surface area contributed by atoms with Crippen molar-refractivity contribution in [1.29, 1.82) is 0 Å². The van der Waals surface area contributed by atoms with Crippen LogP contribution in [0.5, 0.6) is 0 Å². The molecule has 23 heavy (non-hydrogen) atoms. The monoisotopic (exact) mass is 342 g/mol. The van der Waals surface area contributed by atoms with E-state index in [-0.39, 0.29) is 18.3 Å². The molecular formula is C16H27N2O4P. The van der Waals surface area contributed by atoms with E-state index in [1.807, 2.05) is 0 Å². The van der Waals surface area contributed by atoms with Gasteiger partial charge in [0.25, 0.3) is 0 Å². The lowest BCUT2D eigenvalue weighted by Crippen LogP contribution is -2.30. The fourth-order valence-corrected chi connectivity index (χ4v) is 5.33. The molecule has 0 saturated heterocycles. The zero-order valence-corrected chi connectivity index (χ0v) is 14.3. The summed E-state index contributed by atoms with van der Waals surface area (Å²) in [5.41, 5.74) is 0.646. The third-order valence-corrected chi connectivity index (χ3v) is 6.39. The molecule has 7 heteroatoms. The van der Waals surface area contributed by atoms with Crippen molar-refractivity contribution in [2.45, 2.75) is 44.8 Å². The highest BCUT2D eigenvalue weighted by Gasteiger charge is 2.27. The molecule has 6 nitrogen and oxygen atoms in total. The molecule has 130 valence electrons. The van der Waals surface area contributed by atoms with E-state index in [2.05, 4.69) is 10.3 Å². The lowest BCUT2D eigenvalue weighted by molar-refractivity contribution is 0.189. The molecule has 0 aliphatic heterocycles. The Morgan fingerprint density at radius 3 is 2.78 bits per heavy atom. The Morgan fingerprint density at radius 1 is 1.35 bits per heavy atom. The molecule has 1 aromatic heterocycles. The maximum absolute atomic E-state index is 12.3. The van der Waals surface area contributed by atoms with Crippen molar-refractivity contribution in [3.63, 3.8) is 0 Å². The number of nitrogens with one attached hydrogen (secondary N) is 2. The van der Waals surface area contributed by atoms with Gasteiger partial charge >= 0.3 is 0 Å². The minimum absolute atomic E-state index is 0.0636. The Hall–Kier alpha value is -0.940. The Balaban J connectivity index is 1.71. The van der Waals surface area contributed by atoms with E-state index in [1.54, 1.807) is 12.3 Å². The maximum Gasteiger partial charge on any atom is 0.248 e. The van der Waals surface area contributed by atoms with Crippen LogP contribution >= 0.6 is 7.37 Å². The van der Waals surface area contributed by atoms with Gasteiger partial charge in [0, 0.05) is 31.5 Å². The van der Waals surface area contributed by atoms with Crippen LogP contribution in [0.1, 0.15) is 37.7 Å². The number of aromatic nitrogens is 1. The lowest BCUT2D eigenvalue weighted by atomic mass is 9.91. The van der Waals surface area contributed by atoms with Gasteiger partial charge < -0.3 is 20.3 Å². The number of rotatable bonds is 8. The first-order valence-corrected chi connectivity index (χ1v) is 10.3. The van der Waals surface area contributed by atoms with Crippen LogP contribution in [0, 0.1) is 5.92 Å². The molecule has 0 radical (unpaired) electrons. The van der Waals surface area contributed by atoms with Crippen LogP contribution < -0.4 is 10.9 Å². The molecule has 2 rings (SSSR count). The quantitative estimate of drug-likeness (QED) is 0.538. The van der Waals surface area contributed by atoms with Gasteiger partial charge in [-0.15, -0.1) is 0 Å². The van der Waals surface area contributed by atoms with E-state index in [1.165, 1.54) is 12.5 Å². The third-order valence-electron chi connectivity index (χ3n) is 4.31. The second-order valence-corrected chi connectivity index (χ2v) is 8.98. The van der Waals surface area contributed by atoms with E-state index in [0.29, 0.717) is 18.6 Å². The van der Waals surface area contributed by atoms with Gasteiger partial charge in [0.05, 0.1) is 12.3 Å². The van der Waals surface area contributed by atoms with Gasteiger partial charge in [-0.25, -0.2) is 0 Å². The van der Waals surface area contributed by atoms with Crippen molar-refractivity contribution < 1.29 is 14.6 Å². The minimum Gasteiger partial charge on any atom is -0.391 e. The Morgan fingerprint density at radius 2 is 2.09 bits per heavy atom. The largest absolute Gasteiger partial charge is 0.391 e. The van der Waals surface area contributed by atoms with Crippen LogP contribution in [0.3, 0.4) is 0 Å². The normalized spacial score (nSPS) is 20.1. The molecule has 0 spiro atoms. The van der Waals surface area contributed by atoms with Gasteiger partial charge in [0.2, 0.25) is 12.9 Å². The average molecular weight is 342 g/mol. The average Bonchev–Trinajstić information content (AvgIpc) is 2.47. The fourth-order valence-electron chi connectivity index (χ4n) is 3.22. The first-order valence-electron chi connectivity index (χ1n) is 8.32. The van der Waals surface area contributed by atoms with Gasteiger partial charge in [-0.1, -0.05) is 19.3 Å². The molecule has 1 heterocycles. The lowest BCUT2D eigenvalue weighted by Gasteiger charge is -2.25. The molecule has 4 N–H and O–H groups in total. The third kappa shape index (κ3) is 7.00. The van der Waals surface area contributed by atoms with Crippen molar-refractivity contribution in [3.8, 4) is 0 Å². The number of aliphatic hydroxyl groups is 1. The number of H-pyrrole nitrogens is 1. The molecule has 2 atom stereocenters. The van der Waals surface area contributed by atoms with Crippen LogP contribution in [0.15, 0.2) is 23.1 Å². The van der Waals surface area contributed by atoms with E-state index in [0.717, 1.165) is 31.2 Å². The van der Waals surface area contributed by atoms with Gasteiger partial charge in [-0.3, -0.25) is 9.36 Å². The predicted octanol–water partition coefficient (Wildman–Crippen LogP) is 1.68. The minimum atomic E-state index is -3.28. The number of aliphatic hydroxyl groups excluding tert-OH is 1. The van der Waals surface area contributed by atoms with Crippen LogP contribution in [-0.2, 0) is 11.1 Å². The highest BCUT2D eigenvalue weighted by Crippen LogP contribution is 2.45. The van der Waals surface area contributed by atoms with Crippen molar-refractivity contribution in [3.05, 3.63) is 34.2 Å². The standard InChI is InChI=1S/C16H27N2O4P/c19-15(10-17-9-14-6-7-18-16(20)8-14)12-23(21,22)11-13-4-2-1-3-5-13/h6-8,13,15,17,19H,1-5,9-12H2,(H,18,20)(H,21,22)/t15-/m1/s1. The predicted molar refractivity (Wildman–Crippen MR) is 90.9 cm³/mol. The highest BCUT2D eigenvalue weighted by molar-refractivity contribution is 7.58. The summed E-state index contributed by atoms with van der Waals surface area (Å²) in [5.74, 6) is 0.329. The Bertz CT molecular complexity index is 583. The smallest absolute Gasteiger partial charge is 0.248 e. The van der Waals surface area contributed by atoms with E-state index >= 15 is 0 Å². The SMILES string of the molecule is O=c1cc(CNC[C@@H](O)CP(=O)(O)CC2CCCCC2)cc[nH]1. The van der Waals surface area contributed by atoms with Crippen molar-refractivity contribution in [1.82, 2.24) is 10.3 Å². The summed E-state index contributed by atoms with van der Waals surface area (Å²) in [6.45, 7) is 0.682. The van der Waals surface area contributed by atoms with Crippen LogP contribution in [0.25, 0.3) is 0 Å². The molecule has 1 aromatic rings. The molecule has 1 aliphatic rings. The van der Waals surface area contributed by atoms with E-state index in [9.17, 15) is 19.4 Å². The molecule has 1 aliphatic carbocycles. The van der Waals surface area contributed by atoms with Crippen molar-refractivity contribution >= 4 is 7.37 Å². The van der Waals surface area contributed by atoms with Gasteiger partial charge in [-0.2, -0.15) is 0 Å². The molecule has 1 fully saturated rings. The number of pyridine rings is 1. The summed E-state index contributed by atoms with van der Waals surface area (Å²) in [5, 5.41) is 13.0. The molecule has 0 amide bonds. The van der Waals surface area contributed by atoms with Crippen LogP contribution in [0.2, 0.25) is 0 Å². The summed E-state index contributed by atoms with van der Waals surface area (Å²) in [4.78, 5) is 23.8. The second kappa shape index (κ2) is 8.78. The van der Waals surface area contributed by atoms with E-state index in [4.69, 9.17) is 0 Å². The van der Waals surface area contributed by atoms with E-state index < -0.39 is 13.5 Å². The second-order valence-electron chi connectivity index (χ2n) is 6.56. The van der Waals surface area contributed by atoms with Crippen molar-refractivity contribution in [2.24, 2.45) is 5.92 Å². The topological polar surface area (TPSA) is 102 Å². The summed E-state index contributed by atoms with van der Waals surface area (Å²) in [7, 11) is -3.28. The number of hydrogen-bond acceptors (Lipinski definition) is 4. The van der Waals surface area contributed by atoms with Crippen molar-refractivity contribution in [2.75, 3.05) is 18.9 Å². The Kier molecular flexibility index (Phi) is 7.03. The number of aromatic amines is 1. The summed E-state index contributed by atoms with van der Waals surface area (Å²) in [6, 6.07) is 3.26. The summed E-state index contributed by atoms with van der Waals surface area (Å²) >= 11 is 0. The Labute approximate surface area is 136 Å². The number of hydrogen-bond donors (Lipinski definition) is 4. The summed E-state index contributed by atoms with van der Waals surface area (Å²) in [6.07, 6.45) is 6.56. The van der Waals surface area contributed by atoms with Gasteiger partial charge in [0.1, 0.15) is 0 Å². The highest BCUT2D eigenvalue weighted by atomic mass is 31.2. The van der Waals surface area contributed by atoms with Crippen LogP contribution in [-0.4, -0.2) is 40.0 Å². The molecule has 1 saturated carbocycles. The zero-order valence-electron chi connectivity index (χ0n) is 13.4. The van der Waals surface area contributed by atoms with Crippen LogP contribution in [0.4, 0.5) is 0 Å². The molecule has 0 bridgehead atoms. The first-order chi connectivity index (χ1) is 10.9. The molecular weight excluding hydrogens is 315 g/mol. The maximum atomic E-state index is 12.3. The fraction of sp³-hybridized carbons (Fsp3) is 0.688. The zero-order chi connectivity index (χ0) is 16.7.